The minimum atomic E-state index is -0.598. The molecule has 27 heavy (non-hydrogen) atoms. The van der Waals surface area contributed by atoms with E-state index in [1.54, 1.807) is 29.2 Å². The lowest BCUT2D eigenvalue weighted by Crippen LogP contribution is -2.44. The first-order valence-corrected chi connectivity index (χ1v) is 9.46. The van der Waals surface area contributed by atoms with Crippen LogP contribution in [0.15, 0.2) is 48.5 Å². The second-order valence-corrected chi connectivity index (χ2v) is 7.33. The van der Waals surface area contributed by atoms with Crippen LogP contribution in [0.5, 0.6) is 5.75 Å². The van der Waals surface area contributed by atoms with Crippen molar-refractivity contribution in [1.82, 2.24) is 4.90 Å². The van der Waals surface area contributed by atoms with Crippen LogP contribution in [0.4, 0.5) is 5.69 Å². The molecule has 1 heterocycles. The Morgan fingerprint density at radius 3 is 2.52 bits per heavy atom. The zero-order valence-electron chi connectivity index (χ0n) is 15.3. The fourth-order valence-corrected chi connectivity index (χ4v) is 3.21. The van der Waals surface area contributed by atoms with E-state index >= 15 is 0 Å². The minimum absolute atomic E-state index is 0.425. The number of nitrogens with zero attached hydrogens (tertiary/aromatic N) is 1. The van der Waals surface area contributed by atoms with Gasteiger partial charge in [-0.15, -0.1) is 0 Å². The molecule has 1 fully saturated rings. The zero-order valence-corrected chi connectivity index (χ0v) is 16.0. The topological polar surface area (TPSA) is 58.6 Å². The third kappa shape index (κ3) is 5.47. The van der Waals surface area contributed by atoms with Gasteiger partial charge in [0.2, 0.25) is 0 Å². The van der Waals surface area contributed by atoms with E-state index in [2.05, 4.69) is 12.2 Å². The van der Waals surface area contributed by atoms with Crippen LogP contribution in [0.25, 0.3) is 0 Å². The van der Waals surface area contributed by atoms with Gasteiger partial charge in [-0.3, -0.25) is 9.59 Å². The highest BCUT2D eigenvalue weighted by Crippen LogP contribution is 2.19. The largest absolute Gasteiger partial charge is 0.489 e. The number of likely N-dealkylation sites (tertiary alicyclic amines) is 1. The first-order valence-electron chi connectivity index (χ1n) is 9.09. The highest BCUT2D eigenvalue weighted by atomic mass is 35.5. The number of halogens is 1. The van der Waals surface area contributed by atoms with Crippen LogP contribution >= 0.6 is 11.6 Å². The number of piperidine rings is 1. The third-order valence-corrected chi connectivity index (χ3v) is 4.82. The van der Waals surface area contributed by atoms with Gasteiger partial charge in [0.05, 0.1) is 0 Å². The molecule has 0 spiro atoms. The number of anilines is 1. The molecule has 1 N–H and O–H groups in total. The smallest absolute Gasteiger partial charge is 0.313 e. The van der Waals surface area contributed by atoms with Crippen LogP contribution in [0.2, 0.25) is 5.02 Å². The fraction of sp³-hybridized carbons (Fsp3) is 0.333. The highest BCUT2D eigenvalue weighted by molar-refractivity contribution is 6.39. The van der Waals surface area contributed by atoms with Gasteiger partial charge < -0.3 is 15.0 Å². The quantitative estimate of drug-likeness (QED) is 0.804. The molecule has 142 valence electrons. The molecule has 3 rings (SSSR count). The van der Waals surface area contributed by atoms with Crippen molar-refractivity contribution in [3.63, 3.8) is 0 Å². The molecule has 2 amide bonds. The standard InChI is InChI=1S/C21H23ClN2O3/c1-15-3-2-12-24(13-15)21(26)20(25)23-18-8-10-19(11-9-18)27-14-16-4-6-17(22)7-5-16/h4-11,15H,2-3,12-14H2,1H3,(H,23,25). The Morgan fingerprint density at radius 1 is 1.15 bits per heavy atom. The van der Waals surface area contributed by atoms with Gasteiger partial charge in [-0.25, -0.2) is 0 Å². The van der Waals surface area contributed by atoms with Gasteiger partial charge in [-0.2, -0.15) is 0 Å². The van der Waals surface area contributed by atoms with Crippen molar-refractivity contribution >= 4 is 29.1 Å². The van der Waals surface area contributed by atoms with Gasteiger partial charge >= 0.3 is 11.8 Å². The monoisotopic (exact) mass is 386 g/mol. The molecule has 1 saturated heterocycles. The van der Waals surface area contributed by atoms with Crippen LogP contribution < -0.4 is 10.1 Å². The van der Waals surface area contributed by atoms with Gasteiger partial charge in [0.15, 0.2) is 0 Å². The Bertz CT molecular complexity index is 790. The van der Waals surface area contributed by atoms with Crippen LogP contribution in [0, 0.1) is 5.92 Å². The number of carbonyl (C=O) groups excluding carboxylic acids is 2. The molecule has 0 radical (unpaired) electrons. The number of nitrogens with one attached hydrogen (secondary N) is 1. The Labute approximate surface area is 164 Å². The molecule has 0 bridgehead atoms. The molecule has 0 saturated carbocycles. The van der Waals surface area contributed by atoms with Gasteiger partial charge in [0.1, 0.15) is 12.4 Å². The molecular formula is C21H23ClN2O3. The molecule has 6 heteroatoms. The van der Waals surface area contributed by atoms with Crippen LogP contribution in [0.1, 0.15) is 25.3 Å². The summed E-state index contributed by atoms with van der Waals surface area (Å²) in [6.07, 6.45) is 2.04. The summed E-state index contributed by atoms with van der Waals surface area (Å²) in [5.41, 5.74) is 1.58. The molecule has 2 aromatic carbocycles. The molecule has 0 aromatic heterocycles. The second-order valence-electron chi connectivity index (χ2n) is 6.89. The lowest BCUT2D eigenvalue weighted by molar-refractivity contribution is -0.144. The van der Waals surface area contributed by atoms with Crippen molar-refractivity contribution < 1.29 is 14.3 Å². The molecule has 0 aliphatic carbocycles. The lowest BCUT2D eigenvalue weighted by atomic mass is 10.0. The van der Waals surface area contributed by atoms with Crippen molar-refractivity contribution in [3.05, 3.63) is 59.1 Å². The van der Waals surface area contributed by atoms with Crippen molar-refractivity contribution in [2.75, 3.05) is 18.4 Å². The average Bonchev–Trinajstić information content (AvgIpc) is 2.68. The van der Waals surface area contributed by atoms with Gasteiger partial charge in [-0.1, -0.05) is 30.7 Å². The number of rotatable bonds is 4. The third-order valence-electron chi connectivity index (χ3n) is 4.57. The average molecular weight is 387 g/mol. The van der Waals surface area contributed by atoms with E-state index in [4.69, 9.17) is 16.3 Å². The van der Waals surface area contributed by atoms with E-state index in [1.807, 2.05) is 24.3 Å². The predicted molar refractivity (Wildman–Crippen MR) is 106 cm³/mol. The number of carbonyl (C=O) groups is 2. The summed E-state index contributed by atoms with van der Waals surface area (Å²) in [4.78, 5) is 26.1. The first-order chi connectivity index (χ1) is 13.0. The van der Waals surface area contributed by atoms with Gasteiger partial charge in [-0.05, 0) is 60.7 Å². The first kappa shape index (κ1) is 19.2. The molecular weight excluding hydrogens is 364 g/mol. The highest BCUT2D eigenvalue weighted by Gasteiger charge is 2.26. The Morgan fingerprint density at radius 2 is 1.85 bits per heavy atom. The van der Waals surface area contributed by atoms with Crippen LogP contribution in [0.3, 0.4) is 0 Å². The summed E-state index contributed by atoms with van der Waals surface area (Å²) in [6, 6.07) is 14.4. The molecule has 1 atom stereocenters. The van der Waals surface area contributed by atoms with E-state index < -0.39 is 11.8 Å². The Kier molecular flexibility index (Phi) is 6.35. The van der Waals surface area contributed by atoms with Crippen molar-refractivity contribution in [3.8, 4) is 5.75 Å². The van der Waals surface area contributed by atoms with Gasteiger partial charge in [0.25, 0.3) is 0 Å². The summed E-state index contributed by atoms with van der Waals surface area (Å²) in [5.74, 6) is 0.0512. The minimum Gasteiger partial charge on any atom is -0.489 e. The number of ether oxygens (including phenoxy) is 1. The molecule has 1 aliphatic rings. The molecule has 2 aromatic rings. The number of benzene rings is 2. The van der Waals surface area contributed by atoms with Gasteiger partial charge in [0, 0.05) is 23.8 Å². The lowest BCUT2D eigenvalue weighted by Gasteiger charge is -2.30. The van der Waals surface area contributed by atoms with Crippen molar-refractivity contribution in [1.29, 1.82) is 0 Å². The Balaban J connectivity index is 1.51. The SMILES string of the molecule is CC1CCCN(C(=O)C(=O)Nc2ccc(OCc3ccc(Cl)cc3)cc2)C1. The number of amides is 2. The zero-order chi connectivity index (χ0) is 19.2. The summed E-state index contributed by atoms with van der Waals surface area (Å²) >= 11 is 5.86. The molecule has 5 nitrogen and oxygen atoms in total. The summed E-state index contributed by atoms with van der Waals surface area (Å²) < 4.78 is 5.72. The number of hydrogen-bond donors (Lipinski definition) is 1. The maximum absolute atomic E-state index is 12.3. The normalized spacial score (nSPS) is 16.7. The summed E-state index contributed by atoms with van der Waals surface area (Å²) in [5, 5.41) is 3.35. The van der Waals surface area contributed by atoms with E-state index in [0.29, 0.717) is 42.1 Å². The summed E-state index contributed by atoms with van der Waals surface area (Å²) in [7, 11) is 0. The van der Waals surface area contributed by atoms with E-state index in [-0.39, 0.29) is 0 Å². The Hall–Kier alpha value is -2.53. The van der Waals surface area contributed by atoms with Crippen LogP contribution in [-0.2, 0) is 16.2 Å². The summed E-state index contributed by atoms with van der Waals surface area (Å²) in [6.45, 7) is 3.81. The van der Waals surface area contributed by atoms with E-state index in [1.165, 1.54) is 0 Å². The van der Waals surface area contributed by atoms with E-state index in [0.717, 1.165) is 18.4 Å². The number of hydrogen-bond acceptors (Lipinski definition) is 3. The van der Waals surface area contributed by atoms with Crippen molar-refractivity contribution in [2.45, 2.75) is 26.4 Å². The fourth-order valence-electron chi connectivity index (χ4n) is 3.08. The predicted octanol–water partition coefficient (Wildman–Crippen LogP) is 4.12. The maximum atomic E-state index is 12.3. The second kappa shape index (κ2) is 8.91. The van der Waals surface area contributed by atoms with Crippen molar-refractivity contribution in [2.24, 2.45) is 5.92 Å². The molecule has 1 aliphatic heterocycles. The molecule has 1 unspecified atom stereocenters. The van der Waals surface area contributed by atoms with Crippen LogP contribution in [-0.4, -0.2) is 29.8 Å². The van der Waals surface area contributed by atoms with E-state index in [9.17, 15) is 9.59 Å². The maximum Gasteiger partial charge on any atom is 0.313 e.